The van der Waals surface area contributed by atoms with Gasteiger partial charge in [0.1, 0.15) is 0 Å². The average molecular weight is 286 g/mol. The number of hydrogen-bond acceptors (Lipinski definition) is 4. The lowest BCUT2D eigenvalue weighted by molar-refractivity contribution is 0.0696. The number of pyridine rings is 2. The third kappa shape index (κ3) is 4.57. The Balaban J connectivity index is 1.81. The van der Waals surface area contributed by atoms with Crippen molar-refractivity contribution in [1.82, 2.24) is 20.6 Å². The first-order chi connectivity index (χ1) is 10.1. The average Bonchev–Trinajstić information content (AvgIpc) is 2.52. The van der Waals surface area contributed by atoms with Gasteiger partial charge in [0.05, 0.1) is 17.8 Å². The number of aromatic carboxylic acids is 1. The van der Waals surface area contributed by atoms with Gasteiger partial charge in [-0.15, -0.1) is 0 Å². The van der Waals surface area contributed by atoms with Crippen LogP contribution in [0.5, 0.6) is 0 Å². The van der Waals surface area contributed by atoms with Gasteiger partial charge < -0.3 is 15.7 Å². The van der Waals surface area contributed by atoms with Crippen molar-refractivity contribution in [3.8, 4) is 0 Å². The SMILES string of the molecule is O=C(NCc1ccncc1)NCc1cc(C(=O)O)ccn1. The molecule has 0 aromatic carbocycles. The molecule has 0 spiro atoms. The van der Waals surface area contributed by atoms with E-state index in [-0.39, 0.29) is 18.1 Å². The van der Waals surface area contributed by atoms with Gasteiger partial charge in [0.25, 0.3) is 0 Å². The number of carboxylic acids is 1. The molecule has 0 unspecified atom stereocenters. The molecule has 0 saturated heterocycles. The molecule has 0 aliphatic rings. The van der Waals surface area contributed by atoms with Gasteiger partial charge in [-0.2, -0.15) is 0 Å². The van der Waals surface area contributed by atoms with E-state index in [1.807, 2.05) is 0 Å². The minimum atomic E-state index is -1.03. The maximum absolute atomic E-state index is 11.6. The number of carboxylic acid groups (broad SMARTS) is 1. The Bertz CT molecular complexity index is 631. The minimum absolute atomic E-state index is 0.138. The van der Waals surface area contributed by atoms with Gasteiger partial charge in [-0.1, -0.05) is 0 Å². The van der Waals surface area contributed by atoms with Gasteiger partial charge in [0.15, 0.2) is 0 Å². The molecule has 7 nitrogen and oxygen atoms in total. The van der Waals surface area contributed by atoms with Gasteiger partial charge in [0.2, 0.25) is 0 Å². The molecule has 0 aliphatic carbocycles. The predicted octanol–water partition coefficient (Wildman–Crippen LogP) is 1.17. The summed E-state index contributed by atoms with van der Waals surface area (Å²) >= 11 is 0. The molecule has 2 amide bonds. The van der Waals surface area contributed by atoms with Crippen LogP contribution in [0, 0.1) is 0 Å². The molecule has 2 heterocycles. The zero-order chi connectivity index (χ0) is 15.1. The molecule has 2 rings (SSSR count). The summed E-state index contributed by atoms with van der Waals surface area (Å²) < 4.78 is 0. The van der Waals surface area contributed by atoms with E-state index < -0.39 is 5.97 Å². The fourth-order valence-electron chi connectivity index (χ4n) is 1.62. The van der Waals surface area contributed by atoms with Gasteiger partial charge in [-0.25, -0.2) is 9.59 Å². The third-order valence-corrected chi connectivity index (χ3v) is 2.70. The Kier molecular flexibility index (Phi) is 4.81. The normalized spacial score (nSPS) is 9.90. The Morgan fingerprint density at radius 3 is 2.48 bits per heavy atom. The van der Waals surface area contributed by atoms with Gasteiger partial charge in [0, 0.05) is 25.1 Å². The van der Waals surface area contributed by atoms with Crippen LogP contribution in [-0.4, -0.2) is 27.1 Å². The van der Waals surface area contributed by atoms with Crippen molar-refractivity contribution in [2.75, 3.05) is 0 Å². The first kappa shape index (κ1) is 14.4. The van der Waals surface area contributed by atoms with Crippen molar-refractivity contribution in [2.45, 2.75) is 13.1 Å². The lowest BCUT2D eigenvalue weighted by Crippen LogP contribution is -2.34. The van der Waals surface area contributed by atoms with Crippen LogP contribution < -0.4 is 10.6 Å². The summed E-state index contributed by atoms with van der Waals surface area (Å²) in [6, 6.07) is 6.08. The fourth-order valence-corrected chi connectivity index (χ4v) is 1.62. The molecule has 0 aliphatic heterocycles. The molecule has 0 saturated carbocycles. The largest absolute Gasteiger partial charge is 0.478 e. The maximum atomic E-state index is 11.6. The molecule has 108 valence electrons. The van der Waals surface area contributed by atoms with E-state index >= 15 is 0 Å². The second-order valence-corrected chi connectivity index (χ2v) is 4.23. The first-order valence-electron chi connectivity index (χ1n) is 6.24. The van der Waals surface area contributed by atoms with Crippen molar-refractivity contribution < 1.29 is 14.7 Å². The molecule has 0 radical (unpaired) electrons. The van der Waals surface area contributed by atoms with E-state index in [1.165, 1.54) is 18.3 Å². The van der Waals surface area contributed by atoms with E-state index in [4.69, 9.17) is 5.11 Å². The summed E-state index contributed by atoms with van der Waals surface area (Å²) in [5.41, 5.74) is 1.55. The van der Waals surface area contributed by atoms with E-state index in [0.29, 0.717) is 12.2 Å². The summed E-state index contributed by atoms with van der Waals surface area (Å²) in [5, 5.41) is 14.2. The van der Waals surface area contributed by atoms with Crippen molar-refractivity contribution in [3.05, 3.63) is 59.7 Å². The molecular formula is C14H14N4O3. The van der Waals surface area contributed by atoms with Crippen LogP contribution in [-0.2, 0) is 13.1 Å². The Labute approximate surface area is 121 Å². The predicted molar refractivity (Wildman–Crippen MR) is 74.5 cm³/mol. The van der Waals surface area contributed by atoms with Crippen LogP contribution in [0.3, 0.4) is 0 Å². The number of nitrogens with zero attached hydrogens (tertiary/aromatic N) is 2. The number of nitrogens with one attached hydrogen (secondary N) is 2. The lowest BCUT2D eigenvalue weighted by Gasteiger charge is -2.07. The first-order valence-corrected chi connectivity index (χ1v) is 6.24. The molecule has 3 N–H and O–H groups in total. The molecule has 7 heteroatoms. The number of amides is 2. The summed E-state index contributed by atoms with van der Waals surface area (Å²) in [6.45, 7) is 0.542. The Hall–Kier alpha value is -2.96. The number of aromatic nitrogens is 2. The van der Waals surface area contributed by atoms with Crippen molar-refractivity contribution in [3.63, 3.8) is 0 Å². The summed E-state index contributed by atoms with van der Waals surface area (Å²) in [6.07, 6.45) is 4.70. The highest BCUT2D eigenvalue weighted by Crippen LogP contribution is 2.01. The topological polar surface area (TPSA) is 104 Å². The molecular weight excluding hydrogens is 272 g/mol. The number of urea groups is 1. The van der Waals surface area contributed by atoms with Crippen LogP contribution in [0.2, 0.25) is 0 Å². The molecule has 0 atom stereocenters. The standard InChI is InChI=1S/C14H14N4O3/c19-13(20)11-3-6-16-12(7-11)9-18-14(21)17-8-10-1-4-15-5-2-10/h1-7H,8-9H2,(H,19,20)(H2,17,18,21). The second-order valence-electron chi connectivity index (χ2n) is 4.23. The minimum Gasteiger partial charge on any atom is -0.478 e. The number of carbonyl (C=O) groups excluding carboxylic acids is 1. The fraction of sp³-hybridized carbons (Fsp3) is 0.143. The van der Waals surface area contributed by atoms with E-state index in [0.717, 1.165) is 5.56 Å². The van der Waals surface area contributed by atoms with Crippen molar-refractivity contribution in [2.24, 2.45) is 0 Å². The van der Waals surface area contributed by atoms with Crippen LogP contribution in [0.15, 0.2) is 42.9 Å². The van der Waals surface area contributed by atoms with Crippen LogP contribution in [0.1, 0.15) is 21.6 Å². The maximum Gasteiger partial charge on any atom is 0.335 e. The van der Waals surface area contributed by atoms with Crippen molar-refractivity contribution >= 4 is 12.0 Å². The van der Waals surface area contributed by atoms with E-state index in [9.17, 15) is 9.59 Å². The Morgan fingerprint density at radius 1 is 1.05 bits per heavy atom. The van der Waals surface area contributed by atoms with Crippen LogP contribution >= 0.6 is 0 Å². The monoisotopic (exact) mass is 286 g/mol. The smallest absolute Gasteiger partial charge is 0.335 e. The van der Waals surface area contributed by atoms with Gasteiger partial charge >= 0.3 is 12.0 Å². The van der Waals surface area contributed by atoms with E-state index in [2.05, 4.69) is 20.6 Å². The number of carbonyl (C=O) groups is 2. The van der Waals surface area contributed by atoms with Gasteiger partial charge in [-0.05, 0) is 29.8 Å². The zero-order valence-corrected chi connectivity index (χ0v) is 11.1. The highest BCUT2D eigenvalue weighted by atomic mass is 16.4. The van der Waals surface area contributed by atoms with Crippen LogP contribution in [0.4, 0.5) is 4.79 Å². The third-order valence-electron chi connectivity index (χ3n) is 2.70. The highest BCUT2D eigenvalue weighted by molar-refractivity contribution is 5.87. The van der Waals surface area contributed by atoms with Gasteiger partial charge in [-0.3, -0.25) is 9.97 Å². The molecule has 2 aromatic heterocycles. The molecule has 21 heavy (non-hydrogen) atoms. The molecule has 0 fully saturated rings. The summed E-state index contributed by atoms with van der Waals surface area (Å²) in [7, 11) is 0. The number of hydrogen-bond donors (Lipinski definition) is 3. The summed E-state index contributed by atoms with van der Waals surface area (Å²) in [5.74, 6) is -1.03. The highest BCUT2D eigenvalue weighted by Gasteiger charge is 2.05. The Morgan fingerprint density at radius 2 is 1.76 bits per heavy atom. The number of rotatable bonds is 5. The molecule has 2 aromatic rings. The van der Waals surface area contributed by atoms with Crippen LogP contribution in [0.25, 0.3) is 0 Å². The second kappa shape index (κ2) is 6.99. The molecule has 0 bridgehead atoms. The van der Waals surface area contributed by atoms with E-state index in [1.54, 1.807) is 24.5 Å². The zero-order valence-electron chi connectivity index (χ0n) is 11.1. The quantitative estimate of drug-likeness (QED) is 0.765. The lowest BCUT2D eigenvalue weighted by atomic mass is 10.2. The summed E-state index contributed by atoms with van der Waals surface area (Å²) in [4.78, 5) is 30.3. The van der Waals surface area contributed by atoms with Crippen molar-refractivity contribution in [1.29, 1.82) is 0 Å².